The van der Waals surface area contributed by atoms with E-state index < -0.39 is 12.0 Å². The largest absolute Gasteiger partial charge is 0.383 e. The zero-order valence-electron chi connectivity index (χ0n) is 6.36. The normalized spacial score (nSPS) is 12.6. The van der Waals surface area contributed by atoms with Crippen LogP contribution in [0.25, 0.3) is 0 Å². The summed E-state index contributed by atoms with van der Waals surface area (Å²) in [6.45, 7) is 1.38. The average Bonchev–Trinajstić information content (AvgIpc) is 2.35. The van der Waals surface area contributed by atoms with Crippen LogP contribution in [0.4, 0.5) is 0 Å². The molecule has 5 nitrogen and oxygen atoms in total. The molecule has 0 spiro atoms. The van der Waals surface area contributed by atoms with Gasteiger partial charge in [0.2, 0.25) is 0 Å². The average molecular weight is 234 g/mol. The van der Waals surface area contributed by atoms with Crippen molar-refractivity contribution in [1.82, 2.24) is 9.89 Å². The Bertz CT molecular complexity index is 284. The van der Waals surface area contributed by atoms with Crippen LogP contribution in [0.5, 0.6) is 0 Å². The zero-order valence-corrected chi connectivity index (χ0v) is 7.95. The molecule has 0 bridgehead atoms. The Labute approximate surface area is 77.5 Å². The molecule has 66 valence electrons. The first-order chi connectivity index (χ1) is 5.59. The van der Waals surface area contributed by atoms with E-state index in [2.05, 4.69) is 26.5 Å². The second-order valence-electron chi connectivity index (χ2n) is 2.26. The Hall–Kier alpha value is -0.880. The van der Waals surface area contributed by atoms with Crippen molar-refractivity contribution >= 4 is 21.8 Å². The van der Waals surface area contributed by atoms with E-state index in [1.807, 2.05) is 0 Å². The van der Waals surface area contributed by atoms with Crippen molar-refractivity contribution in [2.24, 2.45) is 0 Å². The molecule has 1 aromatic rings. The number of carbonyl (C=O) groups excluding carboxylic acids is 1. The summed E-state index contributed by atoms with van der Waals surface area (Å²) in [6, 6.07) is 0. The number of nitrogens with zero attached hydrogens (tertiary/aromatic N) is 2. The number of hydrogen-bond donors (Lipinski definition) is 2. The van der Waals surface area contributed by atoms with Crippen molar-refractivity contribution < 1.29 is 9.90 Å². The van der Waals surface area contributed by atoms with E-state index in [9.17, 15) is 4.79 Å². The predicted molar refractivity (Wildman–Crippen MR) is 46.0 cm³/mol. The van der Waals surface area contributed by atoms with Gasteiger partial charge in [0.25, 0.3) is 5.91 Å². The minimum Gasteiger partial charge on any atom is -0.383 e. The number of rotatable bonds is 2. The van der Waals surface area contributed by atoms with Crippen LogP contribution in [0.2, 0.25) is 0 Å². The number of aliphatic hydroxyl groups is 1. The van der Waals surface area contributed by atoms with Gasteiger partial charge >= 0.3 is 0 Å². The smallest absolute Gasteiger partial charge is 0.268 e. The predicted octanol–water partition coefficient (Wildman–Crippen LogP) is 0.0965. The Kier molecular flexibility index (Phi) is 2.83. The minimum atomic E-state index is -1.03. The van der Waals surface area contributed by atoms with Gasteiger partial charge in [0.1, 0.15) is 6.10 Å². The Morgan fingerprint density at radius 3 is 3.00 bits per heavy atom. The fourth-order valence-electron chi connectivity index (χ4n) is 0.568. The fourth-order valence-corrected chi connectivity index (χ4v) is 0.854. The number of nitrogens with one attached hydrogen (secondary N) is 1. The molecule has 0 aromatic carbocycles. The van der Waals surface area contributed by atoms with Crippen LogP contribution in [0.1, 0.15) is 6.92 Å². The lowest BCUT2D eigenvalue weighted by molar-refractivity contribution is -0.124. The highest BCUT2D eigenvalue weighted by Crippen LogP contribution is 2.04. The second kappa shape index (κ2) is 3.68. The number of aromatic nitrogens is 2. The molecule has 1 heterocycles. The van der Waals surface area contributed by atoms with Crippen LogP contribution in [-0.4, -0.2) is 27.0 Å². The molecule has 0 aliphatic rings. The number of amides is 1. The SMILES string of the molecule is C[C@@H](O)C(=O)Nn1cc(Br)cn1. The lowest BCUT2D eigenvalue weighted by Crippen LogP contribution is -2.31. The van der Waals surface area contributed by atoms with Crippen LogP contribution >= 0.6 is 15.9 Å². The summed E-state index contributed by atoms with van der Waals surface area (Å²) in [4.78, 5) is 12.1. The maximum absolute atomic E-state index is 10.9. The molecular formula is C6H8BrN3O2. The van der Waals surface area contributed by atoms with E-state index in [0.717, 1.165) is 4.47 Å². The van der Waals surface area contributed by atoms with Crippen LogP contribution in [-0.2, 0) is 4.79 Å². The lowest BCUT2D eigenvalue weighted by Gasteiger charge is -2.05. The molecule has 0 unspecified atom stereocenters. The summed E-state index contributed by atoms with van der Waals surface area (Å²) in [7, 11) is 0. The molecule has 2 N–H and O–H groups in total. The third-order valence-electron chi connectivity index (χ3n) is 1.16. The highest BCUT2D eigenvalue weighted by Gasteiger charge is 2.08. The summed E-state index contributed by atoms with van der Waals surface area (Å²) >= 11 is 3.16. The van der Waals surface area contributed by atoms with E-state index in [0.29, 0.717) is 0 Å². The third kappa shape index (κ3) is 2.31. The summed E-state index contributed by atoms with van der Waals surface area (Å²) in [5.41, 5.74) is 2.35. The van der Waals surface area contributed by atoms with Gasteiger partial charge in [0.05, 0.1) is 16.9 Å². The molecule has 1 aromatic heterocycles. The molecule has 0 saturated carbocycles. The number of aliphatic hydroxyl groups excluding tert-OH is 1. The highest BCUT2D eigenvalue weighted by molar-refractivity contribution is 9.10. The molecule has 1 amide bonds. The van der Waals surface area contributed by atoms with Gasteiger partial charge in [-0.05, 0) is 22.9 Å². The van der Waals surface area contributed by atoms with Crippen molar-refractivity contribution in [3.63, 3.8) is 0 Å². The summed E-state index contributed by atoms with van der Waals surface area (Å²) < 4.78 is 0.758. The standard InChI is InChI=1S/C6H8BrN3O2/c1-4(11)6(12)9-10-3-5(7)2-8-10/h2-4,11H,1H3,(H,9,12)/t4-/m1/s1. The first-order valence-corrected chi connectivity index (χ1v) is 4.08. The molecule has 0 radical (unpaired) electrons. The van der Waals surface area contributed by atoms with E-state index in [1.54, 1.807) is 6.20 Å². The maximum Gasteiger partial charge on any atom is 0.268 e. The van der Waals surface area contributed by atoms with Gasteiger partial charge in [-0.2, -0.15) is 9.89 Å². The number of carbonyl (C=O) groups is 1. The van der Waals surface area contributed by atoms with Gasteiger partial charge in [-0.3, -0.25) is 4.79 Å². The van der Waals surface area contributed by atoms with Crippen molar-refractivity contribution in [3.05, 3.63) is 16.9 Å². The van der Waals surface area contributed by atoms with Crippen LogP contribution < -0.4 is 5.43 Å². The van der Waals surface area contributed by atoms with E-state index in [-0.39, 0.29) is 0 Å². The Morgan fingerprint density at radius 2 is 2.58 bits per heavy atom. The van der Waals surface area contributed by atoms with Crippen molar-refractivity contribution in [2.45, 2.75) is 13.0 Å². The van der Waals surface area contributed by atoms with Gasteiger partial charge in [0.15, 0.2) is 0 Å². The fraction of sp³-hybridized carbons (Fsp3) is 0.333. The summed E-state index contributed by atoms with van der Waals surface area (Å²) in [5.74, 6) is -0.495. The topological polar surface area (TPSA) is 67.2 Å². The van der Waals surface area contributed by atoms with Gasteiger partial charge in [-0.25, -0.2) is 5.43 Å². The maximum atomic E-state index is 10.9. The molecular weight excluding hydrogens is 226 g/mol. The monoisotopic (exact) mass is 233 g/mol. The Morgan fingerprint density at radius 1 is 1.92 bits per heavy atom. The van der Waals surface area contributed by atoms with E-state index >= 15 is 0 Å². The van der Waals surface area contributed by atoms with Crippen molar-refractivity contribution in [1.29, 1.82) is 0 Å². The van der Waals surface area contributed by atoms with Gasteiger partial charge < -0.3 is 5.11 Å². The molecule has 6 heteroatoms. The van der Waals surface area contributed by atoms with Gasteiger partial charge in [-0.1, -0.05) is 0 Å². The lowest BCUT2D eigenvalue weighted by atomic mass is 10.4. The molecule has 12 heavy (non-hydrogen) atoms. The number of hydrogen-bond acceptors (Lipinski definition) is 3. The Balaban J connectivity index is 2.58. The minimum absolute atomic E-state index is 0.495. The van der Waals surface area contributed by atoms with Gasteiger partial charge in [-0.15, -0.1) is 0 Å². The van der Waals surface area contributed by atoms with Crippen molar-refractivity contribution in [3.8, 4) is 0 Å². The van der Waals surface area contributed by atoms with E-state index in [1.165, 1.54) is 17.9 Å². The first kappa shape index (κ1) is 9.21. The summed E-state index contributed by atoms with van der Waals surface area (Å²) in [5, 5.41) is 12.6. The highest BCUT2D eigenvalue weighted by atomic mass is 79.9. The first-order valence-electron chi connectivity index (χ1n) is 3.28. The molecule has 1 rings (SSSR count). The quantitative estimate of drug-likeness (QED) is 0.762. The van der Waals surface area contributed by atoms with Crippen LogP contribution in [0.15, 0.2) is 16.9 Å². The molecule has 1 atom stereocenters. The zero-order chi connectivity index (χ0) is 9.14. The van der Waals surface area contributed by atoms with Crippen LogP contribution in [0, 0.1) is 0 Å². The second-order valence-corrected chi connectivity index (χ2v) is 3.17. The number of halogens is 1. The van der Waals surface area contributed by atoms with Crippen LogP contribution in [0.3, 0.4) is 0 Å². The molecule has 0 fully saturated rings. The molecule has 0 aliphatic carbocycles. The van der Waals surface area contributed by atoms with Crippen molar-refractivity contribution in [2.75, 3.05) is 5.43 Å². The molecule has 0 saturated heterocycles. The molecule has 0 aliphatic heterocycles. The van der Waals surface area contributed by atoms with E-state index in [4.69, 9.17) is 5.11 Å². The third-order valence-corrected chi connectivity index (χ3v) is 1.56. The van der Waals surface area contributed by atoms with Gasteiger partial charge in [0, 0.05) is 0 Å². The summed E-state index contributed by atoms with van der Waals surface area (Å²) in [6.07, 6.45) is 2.07.